The molecule has 21 heavy (non-hydrogen) atoms. The Labute approximate surface area is 127 Å². The molecule has 1 heterocycles. The SMILES string of the molecule is CCN(Cc1ccco1)C(CN)c1ccc(N(C)C)cc1. The van der Waals surface area contributed by atoms with Crippen LogP contribution in [0.25, 0.3) is 0 Å². The summed E-state index contributed by atoms with van der Waals surface area (Å²) in [6, 6.07) is 12.7. The van der Waals surface area contributed by atoms with Crippen LogP contribution in [0.2, 0.25) is 0 Å². The van der Waals surface area contributed by atoms with Gasteiger partial charge in [-0.3, -0.25) is 4.90 Å². The first-order valence-corrected chi connectivity index (χ1v) is 7.39. The lowest BCUT2D eigenvalue weighted by Gasteiger charge is -2.29. The Kier molecular flexibility index (Phi) is 5.42. The van der Waals surface area contributed by atoms with Crippen molar-refractivity contribution >= 4 is 5.69 Å². The van der Waals surface area contributed by atoms with E-state index in [0.717, 1.165) is 18.8 Å². The van der Waals surface area contributed by atoms with Gasteiger partial charge in [0.2, 0.25) is 0 Å². The average molecular weight is 287 g/mol. The molecule has 0 aliphatic heterocycles. The molecule has 2 rings (SSSR count). The van der Waals surface area contributed by atoms with Gasteiger partial charge in [0, 0.05) is 32.4 Å². The summed E-state index contributed by atoms with van der Waals surface area (Å²) in [6.45, 7) is 4.45. The van der Waals surface area contributed by atoms with Crippen LogP contribution in [0.15, 0.2) is 47.1 Å². The highest BCUT2D eigenvalue weighted by molar-refractivity contribution is 5.46. The second kappa shape index (κ2) is 7.29. The number of benzene rings is 1. The second-order valence-electron chi connectivity index (χ2n) is 5.38. The standard InChI is InChI=1S/C17H25N3O/c1-4-20(13-16-6-5-11-21-16)17(12-18)14-7-9-15(10-8-14)19(2)3/h5-11,17H,4,12-13,18H2,1-3H3. The molecule has 0 radical (unpaired) electrons. The van der Waals surface area contributed by atoms with E-state index in [1.54, 1.807) is 6.26 Å². The summed E-state index contributed by atoms with van der Waals surface area (Å²) in [5.41, 5.74) is 8.47. The molecular formula is C17H25N3O. The third kappa shape index (κ3) is 3.86. The fourth-order valence-electron chi connectivity index (χ4n) is 2.54. The van der Waals surface area contributed by atoms with E-state index < -0.39 is 0 Å². The molecule has 0 spiro atoms. The van der Waals surface area contributed by atoms with Gasteiger partial charge in [0.05, 0.1) is 12.8 Å². The second-order valence-corrected chi connectivity index (χ2v) is 5.38. The third-order valence-electron chi connectivity index (χ3n) is 3.80. The van der Waals surface area contributed by atoms with E-state index in [-0.39, 0.29) is 6.04 Å². The van der Waals surface area contributed by atoms with E-state index in [1.165, 1.54) is 11.3 Å². The summed E-state index contributed by atoms with van der Waals surface area (Å²) in [4.78, 5) is 4.44. The van der Waals surface area contributed by atoms with Gasteiger partial charge in [-0.1, -0.05) is 19.1 Å². The lowest BCUT2D eigenvalue weighted by atomic mass is 10.0. The topological polar surface area (TPSA) is 45.6 Å². The zero-order chi connectivity index (χ0) is 15.2. The Bertz CT molecular complexity index is 519. The van der Waals surface area contributed by atoms with E-state index >= 15 is 0 Å². The lowest BCUT2D eigenvalue weighted by molar-refractivity contribution is 0.188. The van der Waals surface area contributed by atoms with Crippen LogP contribution in [0, 0.1) is 0 Å². The zero-order valence-electron chi connectivity index (χ0n) is 13.1. The number of furan rings is 1. The van der Waals surface area contributed by atoms with Crippen LogP contribution < -0.4 is 10.6 Å². The third-order valence-corrected chi connectivity index (χ3v) is 3.80. The highest BCUT2D eigenvalue weighted by Crippen LogP contribution is 2.24. The molecule has 0 aliphatic rings. The minimum Gasteiger partial charge on any atom is -0.468 e. The Morgan fingerprint density at radius 3 is 2.33 bits per heavy atom. The van der Waals surface area contributed by atoms with Crippen LogP contribution in [0.4, 0.5) is 5.69 Å². The Morgan fingerprint density at radius 2 is 1.86 bits per heavy atom. The van der Waals surface area contributed by atoms with Crippen molar-refractivity contribution < 1.29 is 4.42 Å². The van der Waals surface area contributed by atoms with Gasteiger partial charge in [0.1, 0.15) is 5.76 Å². The van der Waals surface area contributed by atoms with Gasteiger partial charge in [0.25, 0.3) is 0 Å². The van der Waals surface area contributed by atoms with Crippen LogP contribution in [0.3, 0.4) is 0 Å². The molecule has 4 heteroatoms. The molecule has 1 unspecified atom stereocenters. The van der Waals surface area contributed by atoms with Crippen molar-refractivity contribution in [3.63, 3.8) is 0 Å². The molecule has 4 nitrogen and oxygen atoms in total. The molecule has 0 amide bonds. The molecule has 0 saturated carbocycles. The van der Waals surface area contributed by atoms with Crippen LogP contribution in [0.1, 0.15) is 24.3 Å². The number of hydrogen-bond acceptors (Lipinski definition) is 4. The first-order valence-electron chi connectivity index (χ1n) is 7.39. The molecule has 1 aromatic heterocycles. The average Bonchev–Trinajstić information content (AvgIpc) is 3.00. The maximum Gasteiger partial charge on any atom is 0.117 e. The first-order chi connectivity index (χ1) is 10.2. The largest absolute Gasteiger partial charge is 0.468 e. The molecule has 114 valence electrons. The molecule has 1 atom stereocenters. The van der Waals surface area contributed by atoms with E-state index in [2.05, 4.69) is 41.0 Å². The number of rotatable bonds is 7. The summed E-state index contributed by atoms with van der Waals surface area (Å²) < 4.78 is 5.46. The van der Waals surface area contributed by atoms with Crippen molar-refractivity contribution in [3.8, 4) is 0 Å². The van der Waals surface area contributed by atoms with Crippen LogP contribution in [-0.4, -0.2) is 32.1 Å². The van der Waals surface area contributed by atoms with Crippen LogP contribution in [0.5, 0.6) is 0 Å². The summed E-state index contributed by atoms with van der Waals surface area (Å²) in [7, 11) is 4.09. The van der Waals surface area contributed by atoms with E-state index in [9.17, 15) is 0 Å². The number of nitrogens with zero attached hydrogens (tertiary/aromatic N) is 2. The Balaban J connectivity index is 2.16. The number of hydrogen-bond donors (Lipinski definition) is 1. The Morgan fingerprint density at radius 1 is 1.14 bits per heavy atom. The fourth-order valence-corrected chi connectivity index (χ4v) is 2.54. The molecule has 1 aromatic carbocycles. The predicted octanol–water partition coefficient (Wildman–Crippen LogP) is 2.87. The summed E-state index contributed by atoms with van der Waals surface area (Å²) in [5, 5.41) is 0. The van der Waals surface area contributed by atoms with Crippen molar-refractivity contribution in [2.45, 2.75) is 19.5 Å². The van der Waals surface area contributed by atoms with Crippen molar-refractivity contribution in [1.82, 2.24) is 4.90 Å². The van der Waals surface area contributed by atoms with Crippen molar-refractivity contribution in [2.75, 3.05) is 32.1 Å². The minimum atomic E-state index is 0.205. The van der Waals surface area contributed by atoms with Gasteiger partial charge < -0.3 is 15.1 Å². The normalized spacial score (nSPS) is 12.6. The van der Waals surface area contributed by atoms with Gasteiger partial charge in [0.15, 0.2) is 0 Å². The van der Waals surface area contributed by atoms with Crippen molar-refractivity contribution in [3.05, 3.63) is 54.0 Å². The van der Waals surface area contributed by atoms with Gasteiger partial charge in [-0.05, 0) is 36.4 Å². The molecule has 0 saturated heterocycles. The lowest BCUT2D eigenvalue weighted by Crippen LogP contribution is -2.33. The highest BCUT2D eigenvalue weighted by atomic mass is 16.3. The van der Waals surface area contributed by atoms with Crippen molar-refractivity contribution in [2.24, 2.45) is 5.73 Å². The summed E-state index contributed by atoms with van der Waals surface area (Å²) in [6.07, 6.45) is 1.71. The number of anilines is 1. The van der Waals surface area contributed by atoms with Crippen molar-refractivity contribution in [1.29, 1.82) is 0 Å². The van der Waals surface area contributed by atoms with Crippen LogP contribution >= 0.6 is 0 Å². The van der Waals surface area contributed by atoms with E-state index in [4.69, 9.17) is 10.2 Å². The molecular weight excluding hydrogens is 262 g/mol. The Hall–Kier alpha value is -1.78. The molecule has 2 N–H and O–H groups in total. The summed E-state index contributed by atoms with van der Waals surface area (Å²) in [5.74, 6) is 0.972. The fraction of sp³-hybridized carbons (Fsp3) is 0.412. The monoisotopic (exact) mass is 287 g/mol. The van der Waals surface area contributed by atoms with E-state index in [1.807, 2.05) is 26.2 Å². The van der Waals surface area contributed by atoms with Gasteiger partial charge in [-0.25, -0.2) is 0 Å². The minimum absolute atomic E-state index is 0.205. The van der Waals surface area contributed by atoms with Gasteiger partial charge >= 0.3 is 0 Å². The first kappa shape index (κ1) is 15.6. The van der Waals surface area contributed by atoms with Gasteiger partial charge in [-0.15, -0.1) is 0 Å². The quantitative estimate of drug-likeness (QED) is 0.850. The molecule has 2 aromatic rings. The number of nitrogens with two attached hydrogens (primary N) is 1. The number of likely N-dealkylation sites (N-methyl/N-ethyl adjacent to an activating group) is 1. The molecule has 0 fully saturated rings. The predicted molar refractivity (Wildman–Crippen MR) is 87.4 cm³/mol. The van der Waals surface area contributed by atoms with Gasteiger partial charge in [-0.2, -0.15) is 0 Å². The summed E-state index contributed by atoms with van der Waals surface area (Å²) >= 11 is 0. The molecule has 0 aliphatic carbocycles. The maximum absolute atomic E-state index is 6.03. The maximum atomic E-state index is 6.03. The smallest absolute Gasteiger partial charge is 0.117 e. The zero-order valence-corrected chi connectivity index (χ0v) is 13.1. The highest BCUT2D eigenvalue weighted by Gasteiger charge is 2.19. The van der Waals surface area contributed by atoms with E-state index in [0.29, 0.717) is 6.54 Å². The van der Waals surface area contributed by atoms with Crippen LogP contribution in [-0.2, 0) is 6.54 Å². The molecule has 0 bridgehead atoms.